The highest BCUT2D eigenvalue weighted by Gasteiger charge is 1.65. The lowest BCUT2D eigenvalue weighted by atomic mass is 10.5. The van der Waals surface area contributed by atoms with Crippen LogP contribution in [0.2, 0.25) is 0 Å². The molecule has 0 aliphatic rings. The smallest absolute Gasteiger partial charge is 0.0132 e. The number of nitrogens with two attached hydrogens (primary N) is 1. The van der Waals surface area contributed by atoms with Crippen molar-refractivity contribution in [1.82, 2.24) is 5.32 Å². The fourth-order valence-corrected chi connectivity index (χ4v) is 0.297. The predicted octanol–water partition coefficient (Wildman–Crippen LogP) is -0.279. The Morgan fingerprint density at radius 2 is 2.29 bits per heavy atom. The molecule has 0 rings (SSSR count). The average molecular weight is 100 g/mol. The van der Waals surface area contributed by atoms with Crippen LogP contribution in [-0.4, -0.2) is 20.1 Å². The van der Waals surface area contributed by atoms with Gasteiger partial charge in [0.15, 0.2) is 0 Å². The quantitative estimate of drug-likeness (QED) is 0.479. The second kappa shape index (κ2) is 5.66. The number of hydrogen-bond acceptors (Lipinski definition) is 2. The molecule has 0 unspecified atom stereocenters. The van der Waals surface area contributed by atoms with Crippen LogP contribution >= 0.6 is 0 Å². The molecule has 0 spiro atoms. The summed E-state index contributed by atoms with van der Waals surface area (Å²) >= 11 is 0. The van der Waals surface area contributed by atoms with Gasteiger partial charge in [-0.3, -0.25) is 0 Å². The van der Waals surface area contributed by atoms with Crippen molar-refractivity contribution in [2.75, 3.05) is 20.1 Å². The van der Waals surface area contributed by atoms with E-state index in [-0.39, 0.29) is 0 Å². The van der Waals surface area contributed by atoms with Crippen LogP contribution < -0.4 is 11.1 Å². The van der Waals surface area contributed by atoms with E-state index in [1.165, 1.54) is 0 Å². The van der Waals surface area contributed by atoms with E-state index in [1.807, 2.05) is 19.2 Å². The zero-order chi connectivity index (χ0) is 5.54. The summed E-state index contributed by atoms with van der Waals surface area (Å²) in [6.07, 6.45) is 3.93. The van der Waals surface area contributed by atoms with Crippen molar-refractivity contribution in [2.45, 2.75) is 0 Å². The molecular weight excluding hydrogens is 88.1 g/mol. The molecule has 3 N–H and O–H groups in total. The van der Waals surface area contributed by atoms with Crippen molar-refractivity contribution in [2.24, 2.45) is 5.73 Å². The minimum absolute atomic E-state index is 0.641. The van der Waals surface area contributed by atoms with Crippen LogP contribution in [0, 0.1) is 0 Å². The molecule has 0 aliphatic heterocycles. The van der Waals surface area contributed by atoms with E-state index >= 15 is 0 Å². The molecule has 0 aromatic rings. The first-order chi connectivity index (χ1) is 3.41. The average Bonchev–Trinajstić information content (AvgIpc) is 1.69. The zero-order valence-corrected chi connectivity index (χ0v) is 4.65. The second-order valence-electron chi connectivity index (χ2n) is 1.26. The van der Waals surface area contributed by atoms with E-state index < -0.39 is 0 Å². The van der Waals surface area contributed by atoms with E-state index in [2.05, 4.69) is 5.32 Å². The van der Waals surface area contributed by atoms with Gasteiger partial charge in [-0.25, -0.2) is 0 Å². The number of rotatable bonds is 3. The van der Waals surface area contributed by atoms with Crippen LogP contribution in [0.15, 0.2) is 12.2 Å². The van der Waals surface area contributed by atoms with Gasteiger partial charge in [0.1, 0.15) is 0 Å². The van der Waals surface area contributed by atoms with Gasteiger partial charge in [-0.15, -0.1) is 0 Å². The van der Waals surface area contributed by atoms with Gasteiger partial charge in [-0.05, 0) is 7.05 Å². The summed E-state index contributed by atoms with van der Waals surface area (Å²) in [5.41, 5.74) is 5.15. The molecule has 0 aliphatic carbocycles. The minimum Gasteiger partial charge on any atom is -0.327 e. The molecule has 0 bridgehead atoms. The third kappa shape index (κ3) is 5.66. The molecule has 0 radical (unpaired) electrons. The van der Waals surface area contributed by atoms with Crippen LogP contribution in [0.1, 0.15) is 0 Å². The summed E-state index contributed by atoms with van der Waals surface area (Å²) in [6.45, 7) is 1.55. The summed E-state index contributed by atoms with van der Waals surface area (Å²) in [5, 5.41) is 2.96. The number of likely N-dealkylation sites (N-methyl/N-ethyl adjacent to an activating group) is 1. The van der Waals surface area contributed by atoms with Crippen molar-refractivity contribution in [3.8, 4) is 0 Å². The molecular formula is C5H12N2. The SMILES string of the molecule is CNC/C=C/CN. The second-order valence-corrected chi connectivity index (χ2v) is 1.26. The summed E-state index contributed by atoms with van der Waals surface area (Å²) < 4.78 is 0. The third-order valence-electron chi connectivity index (χ3n) is 0.625. The standard InChI is InChI=1S/C5H12N2/c1-7-5-3-2-4-6/h2-3,7H,4-6H2,1H3/b3-2+. The summed E-state index contributed by atoms with van der Waals surface area (Å²) in [6, 6.07) is 0. The molecule has 0 fully saturated rings. The van der Waals surface area contributed by atoms with E-state index in [0.717, 1.165) is 6.54 Å². The van der Waals surface area contributed by atoms with E-state index in [4.69, 9.17) is 5.73 Å². The molecule has 0 saturated carbocycles. The Hall–Kier alpha value is -0.340. The summed E-state index contributed by atoms with van der Waals surface area (Å²) in [4.78, 5) is 0. The first kappa shape index (κ1) is 6.66. The Kier molecular flexibility index (Phi) is 5.39. The Morgan fingerprint density at radius 1 is 1.57 bits per heavy atom. The maximum atomic E-state index is 5.15. The van der Waals surface area contributed by atoms with Crippen LogP contribution in [0.3, 0.4) is 0 Å². The predicted molar refractivity (Wildman–Crippen MR) is 32.1 cm³/mol. The molecule has 2 heteroatoms. The highest BCUT2D eigenvalue weighted by atomic mass is 14.8. The van der Waals surface area contributed by atoms with Gasteiger partial charge < -0.3 is 11.1 Å². The first-order valence-corrected chi connectivity index (χ1v) is 2.41. The van der Waals surface area contributed by atoms with E-state index in [1.54, 1.807) is 0 Å². The van der Waals surface area contributed by atoms with Gasteiger partial charge in [-0.1, -0.05) is 12.2 Å². The molecule has 2 nitrogen and oxygen atoms in total. The summed E-state index contributed by atoms with van der Waals surface area (Å²) in [7, 11) is 1.90. The van der Waals surface area contributed by atoms with E-state index in [9.17, 15) is 0 Å². The molecule has 0 saturated heterocycles. The van der Waals surface area contributed by atoms with Crippen LogP contribution in [0.4, 0.5) is 0 Å². The fourth-order valence-electron chi connectivity index (χ4n) is 0.297. The Labute approximate surface area is 44.4 Å². The number of nitrogens with one attached hydrogen (secondary N) is 1. The molecule has 0 atom stereocenters. The van der Waals surface area contributed by atoms with Gasteiger partial charge in [0.05, 0.1) is 0 Å². The first-order valence-electron chi connectivity index (χ1n) is 2.41. The molecule has 0 aromatic carbocycles. The lowest BCUT2D eigenvalue weighted by Crippen LogP contribution is -2.04. The maximum Gasteiger partial charge on any atom is 0.0132 e. The van der Waals surface area contributed by atoms with Crippen molar-refractivity contribution >= 4 is 0 Å². The molecule has 7 heavy (non-hydrogen) atoms. The minimum atomic E-state index is 0.641. The number of hydrogen-bond donors (Lipinski definition) is 2. The zero-order valence-electron chi connectivity index (χ0n) is 4.65. The summed E-state index contributed by atoms with van der Waals surface area (Å²) in [5.74, 6) is 0. The highest BCUT2D eigenvalue weighted by molar-refractivity contribution is 4.83. The third-order valence-corrected chi connectivity index (χ3v) is 0.625. The van der Waals surface area contributed by atoms with Gasteiger partial charge in [-0.2, -0.15) is 0 Å². The van der Waals surface area contributed by atoms with Crippen LogP contribution in [0.5, 0.6) is 0 Å². The van der Waals surface area contributed by atoms with E-state index in [0.29, 0.717) is 6.54 Å². The lowest BCUT2D eigenvalue weighted by molar-refractivity contribution is 0.916. The van der Waals surface area contributed by atoms with Gasteiger partial charge >= 0.3 is 0 Å². The molecule has 0 heterocycles. The normalized spacial score (nSPS) is 10.6. The largest absolute Gasteiger partial charge is 0.327 e. The fraction of sp³-hybridized carbons (Fsp3) is 0.600. The Bertz CT molecular complexity index is 50.0. The van der Waals surface area contributed by atoms with Crippen LogP contribution in [0.25, 0.3) is 0 Å². The van der Waals surface area contributed by atoms with Gasteiger partial charge in [0, 0.05) is 13.1 Å². The monoisotopic (exact) mass is 100 g/mol. The van der Waals surface area contributed by atoms with Crippen molar-refractivity contribution in [1.29, 1.82) is 0 Å². The molecule has 0 aromatic heterocycles. The van der Waals surface area contributed by atoms with Crippen molar-refractivity contribution in [3.05, 3.63) is 12.2 Å². The van der Waals surface area contributed by atoms with Crippen molar-refractivity contribution in [3.63, 3.8) is 0 Å². The maximum absolute atomic E-state index is 5.15. The lowest BCUT2D eigenvalue weighted by Gasteiger charge is -1.84. The van der Waals surface area contributed by atoms with Crippen molar-refractivity contribution < 1.29 is 0 Å². The Balaban J connectivity index is 2.78. The highest BCUT2D eigenvalue weighted by Crippen LogP contribution is 1.62. The van der Waals surface area contributed by atoms with Gasteiger partial charge in [0.25, 0.3) is 0 Å². The Morgan fingerprint density at radius 3 is 2.71 bits per heavy atom. The van der Waals surface area contributed by atoms with Crippen LogP contribution in [-0.2, 0) is 0 Å². The topological polar surface area (TPSA) is 38.0 Å². The molecule has 0 amide bonds. The van der Waals surface area contributed by atoms with Gasteiger partial charge in [0.2, 0.25) is 0 Å². The molecule has 42 valence electrons.